The van der Waals surface area contributed by atoms with Crippen molar-refractivity contribution in [1.29, 1.82) is 0 Å². The summed E-state index contributed by atoms with van der Waals surface area (Å²) < 4.78 is 0. The molecule has 1 amide bonds. The first-order valence-corrected chi connectivity index (χ1v) is 7.68. The van der Waals surface area contributed by atoms with Gasteiger partial charge >= 0.3 is 5.69 Å². The molecule has 2 heterocycles. The number of carbonyl (C=O) groups is 1. The van der Waals surface area contributed by atoms with Gasteiger partial charge in [-0.15, -0.1) is 5.10 Å². The van der Waals surface area contributed by atoms with Gasteiger partial charge in [0.15, 0.2) is 0 Å². The zero-order valence-corrected chi connectivity index (χ0v) is 12.6. The topological polar surface area (TPSA) is 81.8 Å². The number of benzene rings is 1. The minimum absolute atomic E-state index is 0.0954. The van der Waals surface area contributed by atoms with Crippen LogP contribution < -0.4 is 5.69 Å². The second kappa shape index (κ2) is 6.17. The smallest absolute Gasteiger partial charge is 0.336 e. The lowest BCUT2D eigenvalue weighted by Crippen LogP contribution is -2.43. The van der Waals surface area contributed by atoms with E-state index in [-0.39, 0.29) is 11.7 Å². The van der Waals surface area contributed by atoms with Gasteiger partial charge in [-0.25, -0.2) is 9.89 Å². The van der Waals surface area contributed by atoms with Crippen molar-refractivity contribution >= 4 is 5.91 Å². The van der Waals surface area contributed by atoms with E-state index in [0.717, 1.165) is 12.8 Å². The number of aromatic nitrogens is 3. The first-order chi connectivity index (χ1) is 10.7. The number of piperidine rings is 1. The van der Waals surface area contributed by atoms with Crippen molar-refractivity contribution in [3.8, 4) is 0 Å². The maximum atomic E-state index is 12.4. The van der Waals surface area contributed by atoms with E-state index >= 15 is 0 Å². The molecule has 116 valence electrons. The number of amides is 1. The average Bonchev–Trinajstić information content (AvgIpc) is 3.01. The van der Waals surface area contributed by atoms with E-state index in [2.05, 4.69) is 46.4 Å². The Morgan fingerprint density at radius 1 is 1.36 bits per heavy atom. The molecule has 0 aliphatic carbocycles. The van der Waals surface area contributed by atoms with Crippen molar-refractivity contribution in [2.45, 2.75) is 25.7 Å². The van der Waals surface area contributed by atoms with Crippen LogP contribution in [-0.4, -0.2) is 39.1 Å². The number of rotatable bonds is 3. The van der Waals surface area contributed by atoms with Crippen molar-refractivity contribution in [2.75, 3.05) is 13.1 Å². The van der Waals surface area contributed by atoms with E-state index in [9.17, 15) is 9.59 Å². The molecule has 6 nitrogen and oxygen atoms in total. The van der Waals surface area contributed by atoms with E-state index in [1.807, 2.05) is 6.07 Å². The Hall–Kier alpha value is -2.37. The summed E-state index contributed by atoms with van der Waals surface area (Å²) in [4.78, 5) is 27.7. The van der Waals surface area contributed by atoms with E-state index in [0.29, 0.717) is 24.9 Å². The lowest BCUT2D eigenvalue weighted by molar-refractivity contribution is 0.0633. The number of nitrogens with zero attached hydrogens (tertiary/aromatic N) is 2. The Labute approximate surface area is 128 Å². The molecular weight excluding hydrogens is 280 g/mol. The largest absolute Gasteiger partial charge is 0.341 e. The molecule has 0 spiro atoms. The molecule has 2 atom stereocenters. The van der Waals surface area contributed by atoms with Crippen molar-refractivity contribution in [2.24, 2.45) is 5.92 Å². The second-order valence-corrected chi connectivity index (χ2v) is 5.75. The van der Waals surface area contributed by atoms with Crippen LogP contribution in [0.1, 0.15) is 41.9 Å². The summed E-state index contributed by atoms with van der Waals surface area (Å²) >= 11 is 0. The predicted molar refractivity (Wildman–Crippen MR) is 82.7 cm³/mol. The van der Waals surface area contributed by atoms with Crippen LogP contribution in [0.3, 0.4) is 0 Å². The van der Waals surface area contributed by atoms with Crippen LogP contribution in [-0.2, 0) is 0 Å². The SMILES string of the molecule is CC[C@@H]1CN(C(=O)c2n[nH]c(=O)[nH]2)CC[C@H]1c1ccccc1. The summed E-state index contributed by atoms with van der Waals surface area (Å²) in [6.07, 6.45) is 1.95. The summed E-state index contributed by atoms with van der Waals surface area (Å²) in [5, 5.41) is 5.97. The zero-order valence-electron chi connectivity index (χ0n) is 12.6. The van der Waals surface area contributed by atoms with Gasteiger partial charge in [-0.05, 0) is 23.8 Å². The van der Waals surface area contributed by atoms with E-state index < -0.39 is 5.69 Å². The van der Waals surface area contributed by atoms with Crippen LogP contribution in [0.2, 0.25) is 0 Å². The normalized spacial score (nSPS) is 21.8. The van der Waals surface area contributed by atoms with Gasteiger partial charge in [0.2, 0.25) is 5.82 Å². The van der Waals surface area contributed by atoms with Crippen LogP contribution in [0.4, 0.5) is 0 Å². The van der Waals surface area contributed by atoms with Crippen LogP contribution in [0.5, 0.6) is 0 Å². The third kappa shape index (κ3) is 2.81. The molecule has 6 heteroatoms. The first-order valence-electron chi connectivity index (χ1n) is 7.68. The van der Waals surface area contributed by atoms with Crippen molar-refractivity contribution in [3.63, 3.8) is 0 Å². The van der Waals surface area contributed by atoms with Gasteiger partial charge < -0.3 is 4.90 Å². The molecule has 0 bridgehead atoms. The summed E-state index contributed by atoms with van der Waals surface area (Å²) in [5.41, 5.74) is 0.893. The van der Waals surface area contributed by atoms with Crippen LogP contribution >= 0.6 is 0 Å². The number of hydrogen-bond acceptors (Lipinski definition) is 3. The Balaban J connectivity index is 1.75. The molecule has 1 aromatic heterocycles. The number of likely N-dealkylation sites (tertiary alicyclic amines) is 1. The zero-order chi connectivity index (χ0) is 15.5. The van der Waals surface area contributed by atoms with E-state index in [1.165, 1.54) is 5.56 Å². The molecule has 1 saturated heterocycles. The van der Waals surface area contributed by atoms with Crippen molar-refractivity contribution < 1.29 is 4.79 Å². The third-order valence-electron chi connectivity index (χ3n) is 4.48. The van der Waals surface area contributed by atoms with E-state index in [4.69, 9.17) is 0 Å². The minimum atomic E-state index is -0.449. The Kier molecular flexibility index (Phi) is 4.09. The molecule has 0 unspecified atom stereocenters. The molecule has 1 aromatic carbocycles. The lowest BCUT2D eigenvalue weighted by Gasteiger charge is -2.38. The van der Waals surface area contributed by atoms with Gasteiger partial charge in [0, 0.05) is 13.1 Å². The fourth-order valence-corrected chi connectivity index (χ4v) is 3.29. The van der Waals surface area contributed by atoms with Gasteiger partial charge in [0.25, 0.3) is 5.91 Å². The Morgan fingerprint density at radius 3 is 2.77 bits per heavy atom. The van der Waals surface area contributed by atoms with Gasteiger partial charge in [-0.1, -0.05) is 43.7 Å². The average molecular weight is 300 g/mol. The molecule has 1 aliphatic heterocycles. The first kappa shape index (κ1) is 14.6. The van der Waals surface area contributed by atoms with Gasteiger partial charge in [0.05, 0.1) is 0 Å². The molecule has 0 radical (unpaired) electrons. The highest BCUT2D eigenvalue weighted by atomic mass is 16.2. The summed E-state index contributed by atoms with van der Waals surface area (Å²) in [7, 11) is 0. The third-order valence-corrected chi connectivity index (χ3v) is 4.48. The standard InChI is InChI=1S/C16H20N4O2/c1-2-11-10-20(15(21)14-17-16(22)19-18-14)9-8-13(11)12-6-4-3-5-7-12/h3-7,11,13H,2,8-10H2,1H3,(H2,17,18,19,22)/t11-,13-/m1/s1. The van der Waals surface area contributed by atoms with Gasteiger partial charge in [-0.2, -0.15) is 0 Å². The quantitative estimate of drug-likeness (QED) is 0.906. The molecule has 2 aromatic rings. The van der Waals surface area contributed by atoms with Gasteiger partial charge in [0.1, 0.15) is 0 Å². The van der Waals surface area contributed by atoms with E-state index in [1.54, 1.807) is 4.90 Å². The maximum absolute atomic E-state index is 12.4. The number of aromatic amines is 2. The highest BCUT2D eigenvalue weighted by Crippen LogP contribution is 2.35. The van der Waals surface area contributed by atoms with Gasteiger partial charge in [-0.3, -0.25) is 9.78 Å². The molecule has 1 aliphatic rings. The van der Waals surface area contributed by atoms with Crippen molar-refractivity contribution in [3.05, 3.63) is 52.2 Å². The molecule has 1 fully saturated rings. The number of hydrogen-bond donors (Lipinski definition) is 2. The van der Waals surface area contributed by atoms with Crippen LogP contribution in [0, 0.1) is 5.92 Å². The Bertz CT molecular complexity index is 691. The maximum Gasteiger partial charge on any atom is 0.341 e. The summed E-state index contributed by atoms with van der Waals surface area (Å²) in [6.45, 7) is 3.54. The van der Waals surface area contributed by atoms with Crippen LogP contribution in [0.15, 0.2) is 35.1 Å². The minimum Gasteiger partial charge on any atom is -0.336 e. The highest BCUT2D eigenvalue weighted by molar-refractivity contribution is 5.90. The lowest BCUT2D eigenvalue weighted by atomic mass is 9.79. The fourth-order valence-electron chi connectivity index (χ4n) is 3.29. The molecule has 3 rings (SSSR count). The molecular formula is C16H20N4O2. The number of carbonyl (C=O) groups excluding carboxylic acids is 1. The number of nitrogens with one attached hydrogen (secondary N) is 2. The molecule has 2 N–H and O–H groups in total. The predicted octanol–water partition coefficient (Wildman–Crippen LogP) is 1.75. The highest BCUT2D eigenvalue weighted by Gasteiger charge is 2.32. The summed E-state index contributed by atoms with van der Waals surface area (Å²) in [6, 6.07) is 10.5. The van der Waals surface area contributed by atoms with Crippen molar-refractivity contribution in [1.82, 2.24) is 20.1 Å². The summed E-state index contributed by atoms with van der Waals surface area (Å²) in [5.74, 6) is 0.792. The molecule has 0 saturated carbocycles. The Morgan fingerprint density at radius 2 is 2.14 bits per heavy atom. The second-order valence-electron chi connectivity index (χ2n) is 5.75. The van der Waals surface area contributed by atoms with Crippen LogP contribution in [0.25, 0.3) is 0 Å². The number of H-pyrrole nitrogens is 2. The monoisotopic (exact) mass is 300 g/mol. The fraction of sp³-hybridized carbons (Fsp3) is 0.438. The molecule has 22 heavy (non-hydrogen) atoms.